The number of anilines is 1. The van der Waals surface area contributed by atoms with Crippen LogP contribution in [0.4, 0.5) is 5.69 Å². The lowest BCUT2D eigenvalue weighted by atomic mass is 10.1. The normalized spacial score (nSPS) is 12.9. The number of benzene rings is 2. The minimum absolute atomic E-state index is 0.140. The summed E-state index contributed by atoms with van der Waals surface area (Å²) in [6.07, 6.45) is 3.45. The van der Waals surface area contributed by atoms with E-state index in [4.69, 9.17) is 4.74 Å². The molecule has 2 aromatic carbocycles. The number of carbonyl (C=O) groups is 1. The van der Waals surface area contributed by atoms with Crippen molar-refractivity contribution >= 4 is 27.5 Å². The maximum atomic E-state index is 12.4. The van der Waals surface area contributed by atoms with Crippen LogP contribution in [0.25, 0.3) is 0 Å². The van der Waals surface area contributed by atoms with Crippen LogP contribution >= 0.6 is 15.9 Å². The van der Waals surface area contributed by atoms with Crippen LogP contribution in [0.3, 0.4) is 0 Å². The molecule has 0 aliphatic heterocycles. The summed E-state index contributed by atoms with van der Waals surface area (Å²) in [5.41, 5.74) is 4.15. The van der Waals surface area contributed by atoms with Gasteiger partial charge in [-0.1, -0.05) is 6.07 Å². The van der Waals surface area contributed by atoms with Gasteiger partial charge in [-0.2, -0.15) is 0 Å². The molecule has 0 fully saturated rings. The van der Waals surface area contributed by atoms with E-state index >= 15 is 0 Å². The van der Waals surface area contributed by atoms with Crippen LogP contribution in [0.15, 0.2) is 40.9 Å². The lowest BCUT2D eigenvalue weighted by molar-refractivity contribution is 0.102. The first-order valence-corrected chi connectivity index (χ1v) is 7.73. The van der Waals surface area contributed by atoms with E-state index in [-0.39, 0.29) is 5.91 Å². The fourth-order valence-corrected chi connectivity index (χ4v) is 3.08. The molecule has 108 valence electrons. The third-order valence-corrected chi connectivity index (χ3v) is 4.47. The molecule has 21 heavy (non-hydrogen) atoms. The Hall–Kier alpha value is -1.81. The van der Waals surface area contributed by atoms with Crippen molar-refractivity contribution in [1.29, 1.82) is 0 Å². The zero-order chi connectivity index (χ0) is 14.8. The van der Waals surface area contributed by atoms with E-state index < -0.39 is 0 Å². The van der Waals surface area contributed by atoms with Crippen molar-refractivity contribution < 1.29 is 9.53 Å². The third kappa shape index (κ3) is 2.95. The maximum Gasteiger partial charge on any atom is 0.256 e. The Morgan fingerprint density at radius 2 is 1.95 bits per heavy atom. The minimum atomic E-state index is -0.140. The second-order valence-electron chi connectivity index (χ2n) is 5.14. The number of hydrogen-bond donors (Lipinski definition) is 1. The monoisotopic (exact) mass is 345 g/mol. The zero-order valence-electron chi connectivity index (χ0n) is 11.8. The maximum absolute atomic E-state index is 12.4. The fraction of sp³-hybridized carbons (Fsp3) is 0.235. The molecule has 0 aromatic heterocycles. The number of methoxy groups -OCH3 is 1. The zero-order valence-corrected chi connectivity index (χ0v) is 13.4. The molecule has 4 heteroatoms. The molecule has 0 spiro atoms. The molecule has 3 rings (SSSR count). The van der Waals surface area contributed by atoms with Crippen molar-refractivity contribution in [3.8, 4) is 5.75 Å². The van der Waals surface area contributed by atoms with E-state index in [1.165, 1.54) is 17.5 Å². The van der Waals surface area contributed by atoms with E-state index in [9.17, 15) is 4.79 Å². The van der Waals surface area contributed by atoms with E-state index in [1.807, 2.05) is 18.2 Å². The topological polar surface area (TPSA) is 38.3 Å². The van der Waals surface area contributed by atoms with Crippen LogP contribution in [0.2, 0.25) is 0 Å². The van der Waals surface area contributed by atoms with E-state index in [0.717, 1.165) is 23.0 Å². The average Bonchev–Trinajstić information content (AvgIpc) is 2.95. The van der Waals surface area contributed by atoms with Gasteiger partial charge in [-0.15, -0.1) is 0 Å². The second kappa shape index (κ2) is 5.90. The summed E-state index contributed by atoms with van der Waals surface area (Å²) in [5.74, 6) is 0.524. The molecule has 0 heterocycles. The molecule has 0 unspecified atom stereocenters. The number of amides is 1. The molecule has 2 aromatic rings. The average molecular weight is 346 g/mol. The largest absolute Gasteiger partial charge is 0.497 e. The number of hydrogen-bond acceptors (Lipinski definition) is 2. The van der Waals surface area contributed by atoms with Crippen molar-refractivity contribution in [3.05, 3.63) is 57.6 Å². The molecule has 0 atom stereocenters. The van der Waals surface area contributed by atoms with Crippen molar-refractivity contribution in [1.82, 2.24) is 0 Å². The molecule has 3 nitrogen and oxygen atoms in total. The fourth-order valence-electron chi connectivity index (χ4n) is 2.65. The first-order chi connectivity index (χ1) is 10.2. The van der Waals surface area contributed by atoms with Gasteiger partial charge in [-0.25, -0.2) is 0 Å². The minimum Gasteiger partial charge on any atom is -0.497 e. The molecule has 1 amide bonds. The van der Waals surface area contributed by atoms with Gasteiger partial charge in [0, 0.05) is 10.2 Å². The molecule has 0 radical (unpaired) electrons. The lowest BCUT2D eigenvalue weighted by Gasteiger charge is -2.10. The standard InChI is InChI=1S/C17H16BrNO2/c1-21-14-7-8-16(18)15(10-14)17(20)19-13-6-5-11-3-2-4-12(11)9-13/h5-10H,2-4H2,1H3,(H,19,20). The van der Waals surface area contributed by atoms with Gasteiger partial charge in [-0.05, 0) is 76.7 Å². The predicted molar refractivity (Wildman–Crippen MR) is 87.1 cm³/mol. The number of rotatable bonds is 3. The summed E-state index contributed by atoms with van der Waals surface area (Å²) in [6.45, 7) is 0. The van der Waals surface area contributed by atoms with Gasteiger partial charge in [0.05, 0.1) is 12.7 Å². The quantitative estimate of drug-likeness (QED) is 0.905. The number of carbonyl (C=O) groups excluding carboxylic acids is 1. The highest BCUT2D eigenvalue weighted by atomic mass is 79.9. The number of nitrogens with one attached hydrogen (secondary N) is 1. The smallest absolute Gasteiger partial charge is 0.256 e. The number of halogens is 1. The van der Waals surface area contributed by atoms with Crippen LogP contribution < -0.4 is 10.1 Å². The van der Waals surface area contributed by atoms with Gasteiger partial charge in [0.25, 0.3) is 5.91 Å². The van der Waals surface area contributed by atoms with Gasteiger partial charge in [-0.3, -0.25) is 4.79 Å². The van der Waals surface area contributed by atoms with Crippen molar-refractivity contribution in [2.24, 2.45) is 0 Å². The highest BCUT2D eigenvalue weighted by Crippen LogP contribution is 2.27. The van der Waals surface area contributed by atoms with Crippen LogP contribution in [-0.2, 0) is 12.8 Å². The van der Waals surface area contributed by atoms with Gasteiger partial charge in [0.2, 0.25) is 0 Å². The third-order valence-electron chi connectivity index (χ3n) is 3.77. The molecule has 0 saturated heterocycles. The van der Waals surface area contributed by atoms with Crippen LogP contribution in [0, 0.1) is 0 Å². The van der Waals surface area contributed by atoms with Crippen LogP contribution in [0.5, 0.6) is 5.75 Å². The Morgan fingerprint density at radius 1 is 1.14 bits per heavy atom. The van der Waals surface area contributed by atoms with Gasteiger partial charge in [0.1, 0.15) is 5.75 Å². The van der Waals surface area contributed by atoms with E-state index in [2.05, 4.69) is 33.4 Å². The summed E-state index contributed by atoms with van der Waals surface area (Å²) in [4.78, 5) is 12.4. The Kier molecular flexibility index (Phi) is 3.97. The van der Waals surface area contributed by atoms with E-state index in [0.29, 0.717) is 11.3 Å². The van der Waals surface area contributed by atoms with Crippen LogP contribution in [-0.4, -0.2) is 13.0 Å². The van der Waals surface area contributed by atoms with Gasteiger partial charge < -0.3 is 10.1 Å². The van der Waals surface area contributed by atoms with Crippen LogP contribution in [0.1, 0.15) is 27.9 Å². The first-order valence-electron chi connectivity index (χ1n) is 6.94. The molecular formula is C17H16BrNO2. The highest BCUT2D eigenvalue weighted by Gasteiger charge is 2.14. The highest BCUT2D eigenvalue weighted by molar-refractivity contribution is 9.10. The number of fused-ring (bicyclic) bond motifs is 1. The summed E-state index contributed by atoms with van der Waals surface area (Å²) in [6, 6.07) is 11.5. The van der Waals surface area contributed by atoms with E-state index in [1.54, 1.807) is 13.2 Å². The first kappa shape index (κ1) is 14.1. The molecule has 1 aliphatic rings. The molecule has 1 aliphatic carbocycles. The van der Waals surface area contributed by atoms with Crippen molar-refractivity contribution in [2.75, 3.05) is 12.4 Å². The Labute approximate surface area is 132 Å². The van der Waals surface area contributed by atoms with Gasteiger partial charge in [0.15, 0.2) is 0 Å². The number of aryl methyl sites for hydroxylation is 2. The van der Waals surface area contributed by atoms with Crippen molar-refractivity contribution in [3.63, 3.8) is 0 Å². The Balaban J connectivity index is 1.83. The molecule has 0 bridgehead atoms. The number of ether oxygens (including phenoxy) is 1. The molecule has 1 N–H and O–H groups in total. The van der Waals surface area contributed by atoms with Crippen molar-refractivity contribution in [2.45, 2.75) is 19.3 Å². The molecular weight excluding hydrogens is 330 g/mol. The SMILES string of the molecule is COc1ccc(Br)c(C(=O)Nc2ccc3c(c2)CCC3)c1. The Morgan fingerprint density at radius 3 is 2.76 bits per heavy atom. The second-order valence-corrected chi connectivity index (χ2v) is 5.99. The summed E-state index contributed by atoms with van der Waals surface area (Å²) < 4.78 is 5.92. The summed E-state index contributed by atoms with van der Waals surface area (Å²) in [7, 11) is 1.59. The summed E-state index contributed by atoms with van der Waals surface area (Å²) in [5, 5.41) is 2.96. The Bertz CT molecular complexity index is 697. The molecule has 0 saturated carbocycles. The predicted octanol–water partition coefficient (Wildman–Crippen LogP) is 4.20. The lowest BCUT2D eigenvalue weighted by Crippen LogP contribution is -2.13. The van der Waals surface area contributed by atoms with Gasteiger partial charge >= 0.3 is 0 Å². The summed E-state index contributed by atoms with van der Waals surface area (Å²) >= 11 is 3.41.